The number of β-amino-alcohol motifs (C(OH)–C–C–N with tert-alkyl or cyclic N) is 1. The van der Waals surface area contributed by atoms with Crippen molar-refractivity contribution in [1.29, 1.82) is 0 Å². The number of aliphatic hydroxyl groups excluding tert-OH is 1. The van der Waals surface area contributed by atoms with E-state index in [9.17, 15) is 14.3 Å². The van der Waals surface area contributed by atoms with Crippen LogP contribution in [-0.2, 0) is 6.42 Å². The Morgan fingerprint density at radius 1 is 1.04 bits per heavy atom. The molecule has 1 fully saturated rings. The van der Waals surface area contributed by atoms with Crippen molar-refractivity contribution in [3.8, 4) is 0 Å². The minimum atomic E-state index is -0.503. The zero-order valence-electron chi connectivity index (χ0n) is 15.4. The predicted octanol–water partition coefficient (Wildman–Crippen LogP) is 3.55. The van der Waals surface area contributed by atoms with Gasteiger partial charge in [-0.15, -0.1) is 0 Å². The van der Waals surface area contributed by atoms with Gasteiger partial charge in [0.25, 0.3) is 5.91 Å². The van der Waals surface area contributed by atoms with Gasteiger partial charge < -0.3 is 14.9 Å². The topological polar surface area (TPSA) is 43.8 Å². The molecule has 2 aromatic rings. The van der Waals surface area contributed by atoms with Gasteiger partial charge in [0.15, 0.2) is 0 Å². The standard InChI is InChI=1S/C22H25FN2O2/c23-19-8-5-16(6-9-19)22(27)25-13-3-4-17-14-18(7-10-20(17)25)21(26)15-24-11-1-2-12-24/h5-10,14,21,26H,1-4,11-13,15H2/t21-/m1/s1. The molecule has 0 saturated carbocycles. The fourth-order valence-electron chi connectivity index (χ4n) is 4.10. The van der Waals surface area contributed by atoms with Crippen LogP contribution in [0.25, 0.3) is 0 Å². The van der Waals surface area contributed by atoms with E-state index in [-0.39, 0.29) is 11.7 Å². The smallest absolute Gasteiger partial charge is 0.258 e. The SMILES string of the molecule is O=C(c1ccc(F)cc1)N1CCCc2cc([C@H](O)CN3CCCC3)ccc21. The maximum Gasteiger partial charge on any atom is 0.258 e. The molecule has 27 heavy (non-hydrogen) atoms. The molecule has 2 aromatic carbocycles. The minimum Gasteiger partial charge on any atom is -0.387 e. The lowest BCUT2D eigenvalue weighted by molar-refractivity contribution is 0.0985. The molecule has 0 aromatic heterocycles. The van der Waals surface area contributed by atoms with Crippen molar-refractivity contribution in [1.82, 2.24) is 4.90 Å². The zero-order chi connectivity index (χ0) is 18.8. The molecule has 0 spiro atoms. The summed E-state index contributed by atoms with van der Waals surface area (Å²) < 4.78 is 13.1. The predicted molar refractivity (Wildman–Crippen MR) is 103 cm³/mol. The highest BCUT2D eigenvalue weighted by Crippen LogP contribution is 2.31. The first kappa shape index (κ1) is 18.1. The average molecular weight is 368 g/mol. The Morgan fingerprint density at radius 2 is 1.78 bits per heavy atom. The van der Waals surface area contributed by atoms with Crippen LogP contribution in [0.3, 0.4) is 0 Å². The van der Waals surface area contributed by atoms with Crippen molar-refractivity contribution in [2.45, 2.75) is 31.8 Å². The number of halogens is 1. The molecule has 2 heterocycles. The van der Waals surface area contributed by atoms with Gasteiger partial charge in [-0.2, -0.15) is 0 Å². The molecule has 0 aliphatic carbocycles. The normalized spacial score (nSPS) is 18.4. The van der Waals surface area contributed by atoms with Crippen molar-refractivity contribution in [3.05, 3.63) is 65.0 Å². The van der Waals surface area contributed by atoms with Crippen LogP contribution in [-0.4, -0.2) is 42.1 Å². The summed E-state index contributed by atoms with van der Waals surface area (Å²) in [5, 5.41) is 10.6. The lowest BCUT2D eigenvalue weighted by atomic mass is 9.96. The molecule has 0 radical (unpaired) electrons. The van der Waals surface area contributed by atoms with Gasteiger partial charge in [-0.25, -0.2) is 4.39 Å². The number of hydrogen-bond acceptors (Lipinski definition) is 3. The molecule has 1 atom stereocenters. The molecular formula is C22H25FN2O2. The Hall–Kier alpha value is -2.24. The second kappa shape index (κ2) is 7.79. The minimum absolute atomic E-state index is 0.110. The third kappa shape index (κ3) is 3.89. The summed E-state index contributed by atoms with van der Waals surface area (Å²) >= 11 is 0. The third-order valence-electron chi connectivity index (χ3n) is 5.57. The molecular weight excluding hydrogens is 343 g/mol. The number of anilines is 1. The highest BCUT2D eigenvalue weighted by atomic mass is 19.1. The van der Waals surface area contributed by atoms with E-state index in [1.165, 1.54) is 37.1 Å². The van der Waals surface area contributed by atoms with Gasteiger partial charge in [0.05, 0.1) is 6.10 Å². The van der Waals surface area contributed by atoms with Crippen molar-refractivity contribution in [2.75, 3.05) is 31.1 Å². The number of likely N-dealkylation sites (tertiary alicyclic amines) is 1. The van der Waals surface area contributed by atoms with E-state index in [4.69, 9.17) is 0 Å². The Kier molecular flexibility index (Phi) is 5.23. The van der Waals surface area contributed by atoms with Gasteiger partial charge in [0, 0.05) is 24.3 Å². The summed E-state index contributed by atoms with van der Waals surface area (Å²) in [6.07, 6.45) is 3.68. The number of fused-ring (bicyclic) bond motifs is 1. The van der Waals surface area contributed by atoms with Crippen LogP contribution in [0.2, 0.25) is 0 Å². The Bertz CT molecular complexity index is 816. The van der Waals surface area contributed by atoms with Crippen LogP contribution < -0.4 is 4.90 Å². The second-order valence-corrected chi connectivity index (χ2v) is 7.48. The number of amides is 1. The summed E-state index contributed by atoms with van der Waals surface area (Å²) in [4.78, 5) is 16.9. The molecule has 1 amide bonds. The fourth-order valence-corrected chi connectivity index (χ4v) is 4.10. The monoisotopic (exact) mass is 368 g/mol. The van der Waals surface area contributed by atoms with Crippen molar-refractivity contribution >= 4 is 11.6 Å². The number of aryl methyl sites for hydroxylation is 1. The molecule has 2 aliphatic rings. The maximum atomic E-state index is 13.1. The summed E-state index contributed by atoms with van der Waals surface area (Å²) in [6.45, 7) is 3.43. The van der Waals surface area contributed by atoms with Crippen LogP contribution in [0.5, 0.6) is 0 Å². The number of carbonyl (C=O) groups is 1. The van der Waals surface area contributed by atoms with E-state index in [1.54, 1.807) is 4.90 Å². The van der Waals surface area contributed by atoms with Gasteiger partial charge in [-0.1, -0.05) is 12.1 Å². The molecule has 1 N–H and O–H groups in total. The summed E-state index contributed by atoms with van der Waals surface area (Å²) in [5.74, 6) is -0.455. The zero-order valence-corrected chi connectivity index (χ0v) is 15.4. The Morgan fingerprint density at radius 3 is 2.52 bits per heavy atom. The second-order valence-electron chi connectivity index (χ2n) is 7.48. The first-order chi connectivity index (χ1) is 13.1. The lowest BCUT2D eigenvalue weighted by Gasteiger charge is -2.30. The van der Waals surface area contributed by atoms with E-state index in [1.807, 2.05) is 18.2 Å². The molecule has 142 valence electrons. The fraction of sp³-hybridized carbons (Fsp3) is 0.409. The molecule has 1 saturated heterocycles. The third-order valence-corrected chi connectivity index (χ3v) is 5.57. The van der Waals surface area contributed by atoms with E-state index in [0.717, 1.165) is 42.7 Å². The number of rotatable bonds is 4. The van der Waals surface area contributed by atoms with Gasteiger partial charge in [-0.05, 0) is 80.2 Å². The summed E-state index contributed by atoms with van der Waals surface area (Å²) in [5.41, 5.74) is 3.39. The number of hydrogen-bond donors (Lipinski definition) is 1. The molecule has 4 rings (SSSR count). The van der Waals surface area contributed by atoms with Crippen LogP contribution >= 0.6 is 0 Å². The van der Waals surface area contributed by atoms with E-state index in [2.05, 4.69) is 4.90 Å². The van der Waals surface area contributed by atoms with Gasteiger partial charge in [0.2, 0.25) is 0 Å². The van der Waals surface area contributed by atoms with Gasteiger partial charge in [-0.3, -0.25) is 4.79 Å². The first-order valence-electron chi connectivity index (χ1n) is 9.72. The maximum absolute atomic E-state index is 13.1. The van der Waals surface area contributed by atoms with Crippen LogP contribution in [0, 0.1) is 5.82 Å². The van der Waals surface area contributed by atoms with Gasteiger partial charge >= 0.3 is 0 Å². The Balaban J connectivity index is 1.54. The quantitative estimate of drug-likeness (QED) is 0.898. The number of nitrogens with zero attached hydrogens (tertiary/aromatic N) is 2. The van der Waals surface area contributed by atoms with Gasteiger partial charge in [0.1, 0.15) is 5.82 Å². The van der Waals surface area contributed by atoms with E-state index >= 15 is 0 Å². The average Bonchev–Trinajstić information content (AvgIpc) is 3.20. The largest absolute Gasteiger partial charge is 0.387 e. The van der Waals surface area contributed by atoms with Crippen molar-refractivity contribution in [3.63, 3.8) is 0 Å². The molecule has 0 unspecified atom stereocenters. The number of carbonyl (C=O) groups excluding carboxylic acids is 1. The highest BCUT2D eigenvalue weighted by molar-refractivity contribution is 6.06. The summed E-state index contributed by atoms with van der Waals surface area (Å²) in [6, 6.07) is 11.6. The van der Waals surface area contributed by atoms with E-state index in [0.29, 0.717) is 18.7 Å². The van der Waals surface area contributed by atoms with Crippen molar-refractivity contribution in [2.24, 2.45) is 0 Å². The first-order valence-corrected chi connectivity index (χ1v) is 9.72. The van der Waals surface area contributed by atoms with E-state index < -0.39 is 6.10 Å². The number of benzene rings is 2. The lowest BCUT2D eigenvalue weighted by Crippen LogP contribution is -2.35. The Labute approximate surface area is 159 Å². The van der Waals surface area contributed by atoms with Crippen LogP contribution in [0.4, 0.5) is 10.1 Å². The molecule has 4 nitrogen and oxygen atoms in total. The van der Waals surface area contributed by atoms with Crippen LogP contribution in [0.1, 0.15) is 46.9 Å². The molecule has 5 heteroatoms. The molecule has 0 bridgehead atoms. The highest BCUT2D eigenvalue weighted by Gasteiger charge is 2.25. The van der Waals surface area contributed by atoms with Crippen LogP contribution in [0.15, 0.2) is 42.5 Å². The molecule has 2 aliphatic heterocycles. The van der Waals surface area contributed by atoms with Crippen molar-refractivity contribution < 1.29 is 14.3 Å². The number of aliphatic hydroxyl groups is 1. The summed E-state index contributed by atoms with van der Waals surface area (Å²) in [7, 11) is 0.